The van der Waals surface area contributed by atoms with Crippen molar-refractivity contribution >= 4 is 40.7 Å². The van der Waals surface area contributed by atoms with Gasteiger partial charge in [0.05, 0.1) is 22.4 Å². The van der Waals surface area contributed by atoms with E-state index in [2.05, 4.69) is 5.32 Å². The number of benzene rings is 3. The predicted octanol–water partition coefficient (Wildman–Crippen LogP) is 4.53. The molecule has 28 heavy (non-hydrogen) atoms. The molecule has 0 radical (unpaired) electrons. The number of nitrogens with zero attached hydrogens (tertiary/aromatic N) is 1. The third-order valence-corrected chi connectivity index (χ3v) is 4.59. The highest BCUT2D eigenvalue weighted by atomic mass is 35.5. The van der Waals surface area contributed by atoms with Crippen LogP contribution >= 0.6 is 11.6 Å². The summed E-state index contributed by atoms with van der Waals surface area (Å²) >= 11 is 5.81. The molecular formula is C21H12ClFN2O3. The second-order valence-corrected chi connectivity index (χ2v) is 6.55. The minimum absolute atomic E-state index is 0.183. The fourth-order valence-electron chi connectivity index (χ4n) is 2.99. The number of fused-ring (bicyclic) bond motifs is 1. The molecule has 0 unspecified atom stereocenters. The third-order valence-electron chi connectivity index (χ3n) is 4.35. The van der Waals surface area contributed by atoms with Crippen LogP contribution in [0.4, 0.5) is 15.8 Å². The molecule has 0 saturated carbocycles. The number of carbonyl (C=O) groups is 3. The molecule has 3 amide bonds. The summed E-state index contributed by atoms with van der Waals surface area (Å²) in [5.74, 6) is -2.16. The van der Waals surface area contributed by atoms with E-state index >= 15 is 0 Å². The van der Waals surface area contributed by atoms with Gasteiger partial charge in [-0.15, -0.1) is 0 Å². The molecule has 0 saturated heterocycles. The van der Waals surface area contributed by atoms with E-state index in [1.807, 2.05) is 0 Å². The average molecular weight is 395 g/mol. The lowest BCUT2D eigenvalue weighted by molar-refractivity contribution is 0.0924. The Hall–Kier alpha value is -3.51. The minimum atomic E-state index is -0.690. The highest BCUT2D eigenvalue weighted by molar-refractivity contribution is 6.34. The van der Waals surface area contributed by atoms with E-state index in [4.69, 9.17) is 11.6 Å². The summed E-state index contributed by atoms with van der Waals surface area (Å²) in [6.07, 6.45) is 0. The quantitative estimate of drug-likeness (QED) is 0.663. The van der Waals surface area contributed by atoms with Crippen molar-refractivity contribution in [1.82, 2.24) is 0 Å². The first-order valence-corrected chi connectivity index (χ1v) is 8.68. The van der Waals surface area contributed by atoms with Gasteiger partial charge in [-0.2, -0.15) is 0 Å². The third kappa shape index (κ3) is 3.04. The van der Waals surface area contributed by atoms with Crippen molar-refractivity contribution in [3.05, 3.63) is 94.3 Å². The maximum atomic E-state index is 13.8. The maximum absolute atomic E-state index is 13.8. The summed E-state index contributed by atoms with van der Waals surface area (Å²) in [4.78, 5) is 38.3. The predicted molar refractivity (Wildman–Crippen MR) is 103 cm³/mol. The second-order valence-electron chi connectivity index (χ2n) is 6.12. The Morgan fingerprint density at radius 2 is 1.50 bits per heavy atom. The highest BCUT2D eigenvalue weighted by Gasteiger charge is 2.36. The lowest BCUT2D eigenvalue weighted by Crippen LogP contribution is -2.29. The zero-order valence-corrected chi connectivity index (χ0v) is 15.0. The molecule has 0 spiro atoms. The van der Waals surface area contributed by atoms with Gasteiger partial charge in [-0.25, -0.2) is 9.29 Å². The van der Waals surface area contributed by atoms with Crippen LogP contribution in [0, 0.1) is 5.82 Å². The van der Waals surface area contributed by atoms with Crippen LogP contribution in [0.25, 0.3) is 0 Å². The van der Waals surface area contributed by atoms with E-state index in [0.29, 0.717) is 22.5 Å². The Bertz CT molecular complexity index is 1090. The summed E-state index contributed by atoms with van der Waals surface area (Å²) in [7, 11) is 0. The first kappa shape index (κ1) is 17.9. The molecule has 1 N–H and O–H groups in total. The number of amides is 3. The molecule has 1 aliphatic rings. The molecule has 0 bridgehead atoms. The molecule has 1 aliphatic heterocycles. The molecule has 138 valence electrons. The van der Waals surface area contributed by atoms with Gasteiger partial charge in [-0.1, -0.05) is 23.7 Å². The van der Waals surface area contributed by atoms with E-state index in [1.54, 1.807) is 24.3 Å². The van der Waals surface area contributed by atoms with Crippen LogP contribution in [0.5, 0.6) is 0 Å². The van der Waals surface area contributed by atoms with Crippen molar-refractivity contribution in [2.24, 2.45) is 0 Å². The number of imide groups is 1. The molecule has 3 aromatic carbocycles. The van der Waals surface area contributed by atoms with Crippen molar-refractivity contribution < 1.29 is 18.8 Å². The molecule has 7 heteroatoms. The van der Waals surface area contributed by atoms with Crippen molar-refractivity contribution in [1.29, 1.82) is 0 Å². The van der Waals surface area contributed by atoms with E-state index in [-0.39, 0.29) is 10.6 Å². The largest absolute Gasteiger partial charge is 0.322 e. The summed E-state index contributed by atoms with van der Waals surface area (Å²) in [5, 5.41) is 2.80. The Morgan fingerprint density at radius 1 is 0.893 bits per heavy atom. The van der Waals surface area contributed by atoms with Crippen LogP contribution in [-0.4, -0.2) is 17.7 Å². The number of hydrogen-bond acceptors (Lipinski definition) is 3. The highest BCUT2D eigenvalue weighted by Crippen LogP contribution is 2.29. The van der Waals surface area contributed by atoms with E-state index in [1.165, 1.54) is 36.4 Å². The summed E-state index contributed by atoms with van der Waals surface area (Å²) < 4.78 is 13.8. The topological polar surface area (TPSA) is 66.5 Å². The maximum Gasteiger partial charge on any atom is 0.266 e. The fraction of sp³-hybridized carbons (Fsp3) is 0. The number of anilines is 2. The molecule has 4 rings (SSSR count). The van der Waals surface area contributed by atoms with Crippen LogP contribution in [0.1, 0.15) is 31.1 Å². The average Bonchev–Trinajstić information content (AvgIpc) is 2.95. The molecule has 3 aromatic rings. The zero-order valence-electron chi connectivity index (χ0n) is 14.3. The van der Waals surface area contributed by atoms with Crippen molar-refractivity contribution in [2.75, 3.05) is 10.2 Å². The molecule has 5 nitrogen and oxygen atoms in total. The van der Waals surface area contributed by atoms with Gasteiger partial charge < -0.3 is 5.32 Å². The van der Waals surface area contributed by atoms with Gasteiger partial charge in [0.25, 0.3) is 17.7 Å². The van der Waals surface area contributed by atoms with Gasteiger partial charge in [-0.05, 0) is 54.6 Å². The van der Waals surface area contributed by atoms with Crippen molar-refractivity contribution in [2.45, 2.75) is 0 Å². The van der Waals surface area contributed by atoms with Crippen LogP contribution < -0.4 is 10.2 Å². The molecule has 0 atom stereocenters. The summed E-state index contributed by atoms with van der Waals surface area (Å²) in [6.45, 7) is 0. The number of rotatable bonds is 3. The van der Waals surface area contributed by atoms with Gasteiger partial charge in [0, 0.05) is 10.7 Å². The minimum Gasteiger partial charge on any atom is -0.322 e. The number of carbonyl (C=O) groups excluding carboxylic acids is 3. The Labute approximate surface area is 164 Å². The van der Waals surface area contributed by atoms with E-state index in [0.717, 1.165) is 11.0 Å². The molecule has 0 aromatic heterocycles. The van der Waals surface area contributed by atoms with Crippen LogP contribution in [0.15, 0.2) is 66.7 Å². The lowest BCUT2D eigenvalue weighted by Gasteiger charge is -2.14. The number of nitrogens with one attached hydrogen (secondary N) is 1. The van der Waals surface area contributed by atoms with Crippen LogP contribution in [-0.2, 0) is 0 Å². The van der Waals surface area contributed by atoms with Gasteiger partial charge >= 0.3 is 0 Å². The first-order valence-electron chi connectivity index (χ1n) is 8.30. The van der Waals surface area contributed by atoms with Crippen LogP contribution in [0.3, 0.4) is 0 Å². The number of halogens is 2. The SMILES string of the molecule is O=C(Nc1ccc(N2C(=O)c3ccccc3C2=O)cc1)c1cc(Cl)ccc1F. The van der Waals surface area contributed by atoms with E-state index in [9.17, 15) is 18.8 Å². The molecule has 1 heterocycles. The van der Waals surface area contributed by atoms with E-state index < -0.39 is 23.5 Å². The first-order chi connectivity index (χ1) is 13.5. The Morgan fingerprint density at radius 3 is 2.11 bits per heavy atom. The Kier molecular flexibility index (Phi) is 4.41. The zero-order chi connectivity index (χ0) is 19.8. The smallest absolute Gasteiger partial charge is 0.266 e. The molecular weight excluding hydrogens is 383 g/mol. The van der Waals surface area contributed by atoms with Crippen molar-refractivity contribution in [3.8, 4) is 0 Å². The molecule has 0 fully saturated rings. The lowest BCUT2D eigenvalue weighted by atomic mass is 10.1. The summed E-state index contributed by atoms with van der Waals surface area (Å²) in [6, 6.07) is 16.4. The summed E-state index contributed by atoms with van der Waals surface area (Å²) in [5.41, 5.74) is 1.27. The van der Waals surface area contributed by atoms with Gasteiger partial charge in [0.15, 0.2) is 0 Å². The monoisotopic (exact) mass is 394 g/mol. The Balaban J connectivity index is 1.55. The van der Waals surface area contributed by atoms with Gasteiger partial charge in [0.1, 0.15) is 5.82 Å². The number of hydrogen-bond donors (Lipinski definition) is 1. The van der Waals surface area contributed by atoms with Gasteiger partial charge in [0.2, 0.25) is 0 Å². The standard InChI is InChI=1S/C21H12ClFN2O3/c22-12-5-10-18(23)17(11-12)19(26)24-13-6-8-14(9-7-13)25-20(27)15-3-1-2-4-16(15)21(25)28/h1-11H,(H,24,26). The fourth-order valence-corrected chi connectivity index (χ4v) is 3.16. The van der Waals surface area contributed by atoms with Crippen LogP contribution in [0.2, 0.25) is 5.02 Å². The van der Waals surface area contributed by atoms with Crippen molar-refractivity contribution in [3.63, 3.8) is 0 Å². The normalized spacial score (nSPS) is 12.9. The second kappa shape index (κ2) is 6.90. The van der Waals surface area contributed by atoms with Gasteiger partial charge in [-0.3, -0.25) is 14.4 Å². The molecule has 0 aliphatic carbocycles.